The zero-order valence-corrected chi connectivity index (χ0v) is 10.8. The third-order valence-electron chi connectivity index (χ3n) is 2.64. The second kappa shape index (κ2) is 5.51. The highest BCUT2D eigenvalue weighted by Crippen LogP contribution is 2.02. The number of carbonyl (C=O) groups excluding carboxylic acids is 2. The average Bonchev–Trinajstić information content (AvgIpc) is 2.97. The Bertz CT molecular complexity index is 584. The van der Waals surface area contributed by atoms with E-state index in [9.17, 15) is 9.59 Å². The van der Waals surface area contributed by atoms with Gasteiger partial charge in [-0.3, -0.25) is 14.3 Å². The molecule has 1 amide bonds. The molecule has 0 saturated heterocycles. The first-order valence-corrected chi connectivity index (χ1v) is 5.90. The van der Waals surface area contributed by atoms with Gasteiger partial charge >= 0.3 is 0 Å². The SMILES string of the molecule is Cc1cc(C)n(CC(=O)NCC(=O)c2ccco2)n1. The lowest BCUT2D eigenvalue weighted by Crippen LogP contribution is -2.32. The van der Waals surface area contributed by atoms with Crippen LogP contribution < -0.4 is 5.32 Å². The number of hydrogen-bond acceptors (Lipinski definition) is 4. The van der Waals surface area contributed by atoms with E-state index in [-0.39, 0.29) is 30.5 Å². The number of Topliss-reactive ketones (excluding diaryl/α,β-unsaturated/α-hetero) is 1. The molecule has 19 heavy (non-hydrogen) atoms. The molecule has 2 aromatic rings. The van der Waals surface area contributed by atoms with Crippen LogP contribution in [0, 0.1) is 13.8 Å². The van der Waals surface area contributed by atoms with Gasteiger partial charge in [-0.25, -0.2) is 0 Å². The monoisotopic (exact) mass is 261 g/mol. The number of hydrogen-bond donors (Lipinski definition) is 1. The molecule has 2 heterocycles. The molecule has 0 fully saturated rings. The molecule has 100 valence electrons. The minimum atomic E-state index is -0.258. The number of aromatic nitrogens is 2. The molecule has 1 N–H and O–H groups in total. The standard InChI is InChI=1S/C13H15N3O3/c1-9-6-10(2)16(15-9)8-13(18)14-7-11(17)12-4-3-5-19-12/h3-6H,7-8H2,1-2H3,(H,14,18). The summed E-state index contributed by atoms with van der Waals surface area (Å²) in [4.78, 5) is 23.3. The van der Waals surface area contributed by atoms with Gasteiger partial charge in [0.2, 0.25) is 11.7 Å². The molecule has 6 nitrogen and oxygen atoms in total. The molecule has 0 spiro atoms. The van der Waals surface area contributed by atoms with Crippen molar-refractivity contribution >= 4 is 11.7 Å². The maximum absolute atomic E-state index is 11.7. The van der Waals surface area contributed by atoms with Crippen molar-refractivity contribution in [2.75, 3.05) is 6.54 Å². The molecule has 2 rings (SSSR count). The van der Waals surface area contributed by atoms with Crippen molar-refractivity contribution in [2.24, 2.45) is 0 Å². The number of carbonyl (C=O) groups is 2. The van der Waals surface area contributed by atoms with Crippen LogP contribution in [0.1, 0.15) is 21.9 Å². The normalized spacial score (nSPS) is 10.4. The van der Waals surface area contributed by atoms with E-state index in [0.717, 1.165) is 11.4 Å². The van der Waals surface area contributed by atoms with Crippen LogP contribution in [0.4, 0.5) is 0 Å². The van der Waals surface area contributed by atoms with Gasteiger partial charge in [0.1, 0.15) is 6.54 Å². The number of aryl methyl sites for hydroxylation is 2. The number of nitrogens with one attached hydrogen (secondary N) is 1. The molecule has 0 unspecified atom stereocenters. The summed E-state index contributed by atoms with van der Waals surface area (Å²) in [6.45, 7) is 3.76. The first-order valence-electron chi connectivity index (χ1n) is 5.90. The molecule has 0 aliphatic heterocycles. The summed E-state index contributed by atoms with van der Waals surface area (Å²) < 4.78 is 6.55. The highest BCUT2D eigenvalue weighted by atomic mass is 16.3. The van der Waals surface area contributed by atoms with E-state index in [1.54, 1.807) is 16.8 Å². The highest BCUT2D eigenvalue weighted by Gasteiger charge is 2.11. The van der Waals surface area contributed by atoms with Crippen molar-refractivity contribution < 1.29 is 14.0 Å². The first kappa shape index (κ1) is 13.1. The van der Waals surface area contributed by atoms with Crippen molar-refractivity contribution in [3.8, 4) is 0 Å². The second-order valence-electron chi connectivity index (χ2n) is 4.26. The molecule has 0 bridgehead atoms. The lowest BCUT2D eigenvalue weighted by Gasteiger charge is -2.05. The van der Waals surface area contributed by atoms with Crippen molar-refractivity contribution in [1.82, 2.24) is 15.1 Å². The van der Waals surface area contributed by atoms with Gasteiger partial charge < -0.3 is 9.73 Å². The van der Waals surface area contributed by atoms with Gasteiger partial charge in [0, 0.05) is 5.69 Å². The summed E-state index contributed by atoms with van der Waals surface area (Å²) in [6.07, 6.45) is 1.42. The van der Waals surface area contributed by atoms with E-state index in [1.807, 2.05) is 19.9 Å². The third kappa shape index (κ3) is 3.31. The average molecular weight is 261 g/mol. The van der Waals surface area contributed by atoms with Crippen LogP contribution in [0.3, 0.4) is 0 Å². The molecular formula is C13H15N3O3. The summed E-state index contributed by atoms with van der Waals surface area (Å²) in [5.41, 5.74) is 1.77. The number of furan rings is 1. The Morgan fingerprint density at radius 1 is 1.42 bits per heavy atom. The predicted molar refractivity (Wildman–Crippen MR) is 67.7 cm³/mol. The first-order chi connectivity index (χ1) is 9.06. The Labute approximate surface area is 110 Å². The molecule has 0 atom stereocenters. The number of ketones is 1. The largest absolute Gasteiger partial charge is 0.461 e. The molecule has 0 saturated carbocycles. The third-order valence-corrected chi connectivity index (χ3v) is 2.64. The summed E-state index contributed by atoms with van der Waals surface area (Å²) in [5.74, 6) is -0.274. The van der Waals surface area contributed by atoms with Crippen LogP contribution >= 0.6 is 0 Å². The molecular weight excluding hydrogens is 246 g/mol. The van der Waals surface area contributed by atoms with E-state index in [4.69, 9.17) is 4.42 Å². The van der Waals surface area contributed by atoms with Crippen LogP contribution in [0.15, 0.2) is 28.9 Å². The fourth-order valence-corrected chi connectivity index (χ4v) is 1.73. The summed E-state index contributed by atoms with van der Waals surface area (Å²) >= 11 is 0. The lowest BCUT2D eigenvalue weighted by molar-refractivity contribution is -0.121. The van der Waals surface area contributed by atoms with Gasteiger partial charge in [0.25, 0.3) is 0 Å². The van der Waals surface area contributed by atoms with Gasteiger partial charge in [0.15, 0.2) is 5.76 Å². The zero-order valence-electron chi connectivity index (χ0n) is 10.8. The molecule has 6 heteroatoms. The van der Waals surface area contributed by atoms with E-state index >= 15 is 0 Å². The molecule has 2 aromatic heterocycles. The van der Waals surface area contributed by atoms with E-state index in [1.165, 1.54) is 6.26 Å². The van der Waals surface area contributed by atoms with E-state index < -0.39 is 0 Å². The smallest absolute Gasteiger partial charge is 0.242 e. The Hall–Kier alpha value is -2.37. The van der Waals surface area contributed by atoms with Crippen molar-refractivity contribution in [3.63, 3.8) is 0 Å². The number of rotatable bonds is 5. The van der Waals surface area contributed by atoms with Gasteiger partial charge in [-0.2, -0.15) is 5.10 Å². The topological polar surface area (TPSA) is 77.1 Å². The van der Waals surface area contributed by atoms with Gasteiger partial charge in [0.05, 0.1) is 18.5 Å². The Balaban J connectivity index is 1.85. The molecule has 0 aliphatic carbocycles. The summed E-state index contributed by atoms with van der Waals surface area (Å²) in [7, 11) is 0. The lowest BCUT2D eigenvalue weighted by atomic mass is 10.3. The van der Waals surface area contributed by atoms with Crippen molar-refractivity contribution in [3.05, 3.63) is 41.6 Å². The number of nitrogens with zero attached hydrogens (tertiary/aromatic N) is 2. The van der Waals surface area contributed by atoms with Crippen LogP contribution in [0.25, 0.3) is 0 Å². The van der Waals surface area contributed by atoms with E-state index in [2.05, 4.69) is 10.4 Å². The summed E-state index contributed by atoms with van der Waals surface area (Å²) in [6, 6.07) is 5.09. The van der Waals surface area contributed by atoms with E-state index in [0.29, 0.717) is 0 Å². The maximum Gasteiger partial charge on any atom is 0.242 e. The molecule has 0 radical (unpaired) electrons. The minimum Gasteiger partial charge on any atom is -0.461 e. The van der Waals surface area contributed by atoms with Gasteiger partial charge in [-0.05, 0) is 32.0 Å². The second-order valence-corrected chi connectivity index (χ2v) is 4.26. The van der Waals surface area contributed by atoms with Crippen molar-refractivity contribution in [1.29, 1.82) is 0 Å². The Morgan fingerprint density at radius 2 is 2.21 bits per heavy atom. The Morgan fingerprint density at radius 3 is 2.79 bits per heavy atom. The van der Waals surface area contributed by atoms with Gasteiger partial charge in [-0.1, -0.05) is 0 Å². The number of amides is 1. The predicted octanol–water partition coefficient (Wildman–Crippen LogP) is 1.09. The van der Waals surface area contributed by atoms with Crippen LogP contribution in [0.5, 0.6) is 0 Å². The fourth-order valence-electron chi connectivity index (χ4n) is 1.73. The van der Waals surface area contributed by atoms with Crippen LogP contribution in [-0.4, -0.2) is 28.0 Å². The Kier molecular flexibility index (Phi) is 3.79. The minimum absolute atomic E-state index is 0.0777. The summed E-state index contributed by atoms with van der Waals surface area (Å²) in [5, 5.41) is 6.73. The van der Waals surface area contributed by atoms with Crippen molar-refractivity contribution in [2.45, 2.75) is 20.4 Å². The maximum atomic E-state index is 11.7. The van der Waals surface area contributed by atoms with Crippen LogP contribution in [0.2, 0.25) is 0 Å². The van der Waals surface area contributed by atoms with Crippen LogP contribution in [-0.2, 0) is 11.3 Å². The highest BCUT2D eigenvalue weighted by molar-refractivity contribution is 5.96. The van der Waals surface area contributed by atoms with Gasteiger partial charge in [-0.15, -0.1) is 0 Å². The zero-order chi connectivity index (χ0) is 13.8. The molecule has 0 aromatic carbocycles. The quantitative estimate of drug-likeness (QED) is 0.817. The fraction of sp³-hybridized carbons (Fsp3) is 0.308. The molecule has 0 aliphatic rings.